The van der Waals surface area contributed by atoms with Crippen molar-refractivity contribution in [3.8, 4) is 28.3 Å². The highest BCUT2D eigenvalue weighted by Crippen LogP contribution is 2.34. The lowest BCUT2D eigenvalue weighted by molar-refractivity contribution is -0.136. The number of halogens is 2. The fourth-order valence-corrected chi connectivity index (χ4v) is 4.18. The summed E-state index contributed by atoms with van der Waals surface area (Å²) in [5, 5.41) is 24.9. The van der Waals surface area contributed by atoms with Crippen LogP contribution in [0.5, 0.6) is 5.75 Å². The maximum atomic E-state index is 13.6. The first-order valence-electron chi connectivity index (χ1n) is 12.1. The topological polar surface area (TPSA) is 84.6 Å². The molecule has 0 aliphatic rings. The Labute approximate surface area is 219 Å². The zero-order valence-corrected chi connectivity index (χ0v) is 21.2. The summed E-state index contributed by atoms with van der Waals surface area (Å²) in [6.07, 6.45) is 0.306. The molecule has 6 nitrogen and oxygen atoms in total. The molecule has 37 heavy (non-hydrogen) atoms. The summed E-state index contributed by atoms with van der Waals surface area (Å²) < 4.78 is 21.5. The highest BCUT2D eigenvalue weighted by molar-refractivity contribution is 6.30. The maximum absolute atomic E-state index is 13.6. The molecule has 0 bridgehead atoms. The average molecular weight is 523 g/mol. The van der Waals surface area contributed by atoms with E-state index in [2.05, 4.69) is 0 Å². The monoisotopic (exact) mass is 522 g/mol. The van der Waals surface area contributed by atoms with Crippen molar-refractivity contribution in [2.24, 2.45) is 0 Å². The van der Waals surface area contributed by atoms with E-state index in [-0.39, 0.29) is 25.4 Å². The summed E-state index contributed by atoms with van der Waals surface area (Å²) in [6, 6.07) is 20.9. The summed E-state index contributed by atoms with van der Waals surface area (Å²) in [5.41, 5.74) is 4.50. The lowest BCUT2D eigenvalue weighted by atomic mass is 10.0. The summed E-state index contributed by atoms with van der Waals surface area (Å²) in [7, 11) is 0. The number of aliphatic carboxylic acids is 1. The number of carbonyl (C=O) groups is 1. The van der Waals surface area contributed by atoms with Crippen molar-refractivity contribution in [3.05, 3.63) is 94.8 Å². The first-order chi connectivity index (χ1) is 17.8. The van der Waals surface area contributed by atoms with Gasteiger partial charge in [0, 0.05) is 22.6 Å². The summed E-state index contributed by atoms with van der Waals surface area (Å²) in [4.78, 5) is 11.1. The van der Waals surface area contributed by atoms with E-state index in [4.69, 9.17) is 26.5 Å². The molecule has 0 fully saturated rings. The zero-order chi connectivity index (χ0) is 26.4. The van der Waals surface area contributed by atoms with Gasteiger partial charge in [0.1, 0.15) is 18.2 Å². The summed E-state index contributed by atoms with van der Waals surface area (Å²) in [5.74, 6) is -0.642. The number of hydrogen-bond donors (Lipinski definition) is 2. The van der Waals surface area contributed by atoms with Crippen LogP contribution < -0.4 is 4.74 Å². The molecule has 8 heteroatoms. The van der Waals surface area contributed by atoms with Gasteiger partial charge in [-0.15, -0.1) is 0 Å². The Kier molecular flexibility index (Phi) is 8.58. The lowest BCUT2D eigenvalue weighted by Crippen LogP contribution is -2.16. The third-order valence-electron chi connectivity index (χ3n) is 6.01. The van der Waals surface area contributed by atoms with Crippen molar-refractivity contribution in [1.82, 2.24) is 9.78 Å². The highest BCUT2D eigenvalue weighted by atomic mass is 35.5. The van der Waals surface area contributed by atoms with Crippen LogP contribution in [0, 0.1) is 5.82 Å². The van der Waals surface area contributed by atoms with Crippen LogP contribution in [-0.4, -0.2) is 32.1 Å². The largest absolute Gasteiger partial charge is 0.488 e. The Balaban J connectivity index is 1.75. The number of benzene rings is 3. The first kappa shape index (κ1) is 26.4. The standard InChI is InChI=1S/C29H28ClFN2O4/c1-2-24(34)17-33-27(21-8-10-23(31)11-9-21)16-26(32-33)25-15-19(7-13-29(35)36)6-12-28(25)37-18-20-4-3-5-22(30)14-20/h3-6,8-12,14-16,24,34H,2,7,13,17-18H2,1H3,(H,35,36)/t24-/m1/s1. The van der Waals surface area contributed by atoms with Crippen LogP contribution in [0.4, 0.5) is 4.39 Å². The van der Waals surface area contributed by atoms with Gasteiger partial charge in [-0.2, -0.15) is 5.10 Å². The molecule has 4 aromatic rings. The van der Waals surface area contributed by atoms with Gasteiger partial charge in [-0.25, -0.2) is 4.39 Å². The predicted molar refractivity (Wildman–Crippen MR) is 141 cm³/mol. The number of aryl methyl sites for hydroxylation is 1. The molecule has 0 aliphatic carbocycles. The zero-order valence-electron chi connectivity index (χ0n) is 20.4. The second-order valence-electron chi connectivity index (χ2n) is 8.81. The Morgan fingerprint density at radius 3 is 2.57 bits per heavy atom. The number of carboxylic acid groups (broad SMARTS) is 1. The Bertz CT molecular complexity index is 1370. The Morgan fingerprint density at radius 1 is 1.08 bits per heavy atom. The molecule has 192 valence electrons. The van der Waals surface area contributed by atoms with E-state index >= 15 is 0 Å². The molecule has 3 aromatic carbocycles. The lowest BCUT2D eigenvalue weighted by Gasteiger charge is -2.13. The van der Waals surface area contributed by atoms with E-state index in [9.17, 15) is 14.3 Å². The average Bonchev–Trinajstić information content (AvgIpc) is 3.30. The normalized spacial score (nSPS) is 11.9. The Morgan fingerprint density at radius 2 is 1.86 bits per heavy atom. The molecule has 0 saturated heterocycles. The van der Waals surface area contributed by atoms with Crippen LogP contribution in [0.1, 0.15) is 30.9 Å². The third-order valence-corrected chi connectivity index (χ3v) is 6.24. The van der Waals surface area contributed by atoms with Crippen LogP contribution in [0.2, 0.25) is 5.02 Å². The van der Waals surface area contributed by atoms with E-state index in [0.29, 0.717) is 34.9 Å². The van der Waals surface area contributed by atoms with E-state index < -0.39 is 12.1 Å². The number of nitrogens with zero attached hydrogens (tertiary/aromatic N) is 2. The van der Waals surface area contributed by atoms with Crippen molar-refractivity contribution in [3.63, 3.8) is 0 Å². The van der Waals surface area contributed by atoms with E-state index in [1.54, 1.807) is 22.9 Å². The quantitative estimate of drug-likeness (QED) is 0.239. The summed E-state index contributed by atoms with van der Waals surface area (Å²) in [6.45, 7) is 2.43. The molecule has 1 atom stereocenters. The van der Waals surface area contributed by atoms with Crippen molar-refractivity contribution in [1.29, 1.82) is 0 Å². The van der Waals surface area contributed by atoms with Gasteiger partial charge in [-0.3, -0.25) is 9.48 Å². The number of aromatic nitrogens is 2. The molecule has 0 amide bonds. The van der Waals surface area contributed by atoms with Crippen LogP contribution in [-0.2, 0) is 24.4 Å². The van der Waals surface area contributed by atoms with E-state index in [1.807, 2.05) is 49.4 Å². The molecule has 2 N–H and O–H groups in total. The van der Waals surface area contributed by atoms with Gasteiger partial charge in [0.25, 0.3) is 0 Å². The molecule has 0 unspecified atom stereocenters. The smallest absolute Gasteiger partial charge is 0.303 e. The second-order valence-corrected chi connectivity index (χ2v) is 9.25. The van der Waals surface area contributed by atoms with Crippen molar-refractivity contribution in [2.75, 3.05) is 0 Å². The number of hydrogen-bond acceptors (Lipinski definition) is 4. The molecule has 0 radical (unpaired) electrons. The van der Waals surface area contributed by atoms with Crippen LogP contribution >= 0.6 is 11.6 Å². The molecular weight excluding hydrogens is 495 g/mol. The number of rotatable bonds is 11. The minimum absolute atomic E-state index is 0.000120. The van der Waals surface area contributed by atoms with Crippen molar-refractivity contribution in [2.45, 2.75) is 45.4 Å². The molecule has 0 saturated carbocycles. The van der Waals surface area contributed by atoms with Crippen LogP contribution in [0.25, 0.3) is 22.5 Å². The van der Waals surface area contributed by atoms with Crippen LogP contribution in [0.3, 0.4) is 0 Å². The van der Waals surface area contributed by atoms with Gasteiger partial charge in [0.2, 0.25) is 0 Å². The predicted octanol–water partition coefficient (Wildman–Crippen LogP) is 6.38. The van der Waals surface area contributed by atoms with Gasteiger partial charge < -0.3 is 14.9 Å². The number of aliphatic hydroxyl groups excluding tert-OH is 1. The Hall–Kier alpha value is -3.68. The molecule has 4 rings (SSSR count). The van der Waals surface area contributed by atoms with Crippen molar-refractivity contribution >= 4 is 17.6 Å². The van der Waals surface area contributed by atoms with Gasteiger partial charge >= 0.3 is 5.97 Å². The minimum atomic E-state index is -0.876. The van der Waals surface area contributed by atoms with E-state index in [1.165, 1.54) is 12.1 Å². The maximum Gasteiger partial charge on any atom is 0.303 e. The van der Waals surface area contributed by atoms with Gasteiger partial charge in [0.15, 0.2) is 0 Å². The minimum Gasteiger partial charge on any atom is -0.488 e. The first-order valence-corrected chi connectivity index (χ1v) is 12.4. The fourth-order valence-electron chi connectivity index (χ4n) is 3.97. The SMILES string of the molecule is CC[C@@H](O)Cn1nc(-c2cc(CCC(=O)O)ccc2OCc2cccc(Cl)c2)cc1-c1ccc(F)cc1. The molecule has 1 heterocycles. The number of ether oxygens (including phenoxy) is 1. The highest BCUT2D eigenvalue weighted by Gasteiger charge is 2.18. The van der Waals surface area contributed by atoms with E-state index in [0.717, 1.165) is 22.4 Å². The molecular formula is C29H28ClFN2O4. The molecule has 1 aromatic heterocycles. The summed E-state index contributed by atoms with van der Waals surface area (Å²) >= 11 is 6.12. The van der Waals surface area contributed by atoms with Gasteiger partial charge in [0.05, 0.1) is 24.0 Å². The van der Waals surface area contributed by atoms with Crippen molar-refractivity contribution < 1.29 is 24.1 Å². The third kappa shape index (κ3) is 6.96. The molecule has 0 spiro atoms. The molecule has 0 aliphatic heterocycles. The number of aliphatic hydroxyl groups is 1. The van der Waals surface area contributed by atoms with Crippen LogP contribution in [0.15, 0.2) is 72.8 Å². The van der Waals surface area contributed by atoms with Gasteiger partial charge in [-0.05, 0) is 78.6 Å². The number of carboxylic acids is 1. The second kappa shape index (κ2) is 12.0. The van der Waals surface area contributed by atoms with Gasteiger partial charge in [-0.1, -0.05) is 36.7 Å². The fraction of sp³-hybridized carbons (Fsp3) is 0.241.